The molecule has 146 valence electrons. The molecule has 0 aliphatic heterocycles. The second-order valence-electron chi connectivity index (χ2n) is 6.28. The molecule has 0 amide bonds. The van der Waals surface area contributed by atoms with Crippen LogP contribution in [-0.2, 0) is 16.1 Å². The highest BCUT2D eigenvalue weighted by atomic mass is 32.1. The Morgan fingerprint density at radius 2 is 1.93 bits per heavy atom. The summed E-state index contributed by atoms with van der Waals surface area (Å²) in [7, 11) is 0. The van der Waals surface area contributed by atoms with Gasteiger partial charge in [-0.2, -0.15) is 0 Å². The van der Waals surface area contributed by atoms with Gasteiger partial charge in [0, 0.05) is 27.9 Å². The molecule has 0 unspecified atom stereocenters. The van der Waals surface area contributed by atoms with Gasteiger partial charge in [-0.25, -0.2) is 9.18 Å². The van der Waals surface area contributed by atoms with Gasteiger partial charge >= 0.3 is 5.97 Å². The molecule has 0 radical (unpaired) electrons. The molecule has 0 saturated heterocycles. The number of rotatable bonds is 8. The molecule has 1 aromatic carbocycles. The summed E-state index contributed by atoms with van der Waals surface area (Å²) >= 11 is 1.66. The van der Waals surface area contributed by atoms with Crippen LogP contribution in [0.25, 0.3) is 0 Å². The number of ether oxygens (including phenoxy) is 2. The number of hydrogen-bond donors (Lipinski definition) is 0. The van der Waals surface area contributed by atoms with Gasteiger partial charge < -0.3 is 14.0 Å². The molecule has 28 heavy (non-hydrogen) atoms. The molecule has 0 aliphatic rings. The van der Waals surface area contributed by atoms with Crippen molar-refractivity contribution < 1.29 is 23.5 Å². The largest absolute Gasteiger partial charge is 0.482 e. The molecule has 0 fully saturated rings. The Morgan fingerprint density at radius 1 is 1.11 bits per heavy atom. The molecule has 0 saturated carbocycles. The van der Waals surface area contributed by atoms with E-state index in [1.165, 1.54) is 29.1 Å². The first-order valence-electron chi connectivity index (χ1n) is 8.70. The molecular formula is C21H20FNO4S. The highest BCUT2D eigenvalue weighted by molar-refractivity contribution is 7.09. The highest BCUT2D eigenvalue weighted by Gasteiger charge is 2.18. The lowest BCUT2D eigenvalue weighted by Gasteiger charge is -2.09. The van der Waals surface area contributed by atoms with Crippen LogP contribution in [0.3, 0.4) is 0 Å². The average molecular weight is 401 g/mol. The van der Waals surface area contributed by atoms with Crippen molar-refractivity contribution in [3.63, 3.8) is 0 Å². The Balaban J connectivity index is 1.55. The van der Waals surface area contributed by atoms with Gasteiger partial charge in [-0.15, -0.1) is 11.3 Å². The lowest BCUT2D eigenvalue weighted by molar-refractivity contribution is -0.144. The number of carbonyl (C=O) groups is 2. The van der Waals surface area contributed by atoms with Gasteiger partial charge in [-0.05, 0) is 43.5 Å². The maximum Gasteiger partial charge on any atom is 0.344 e. The first-order chi connectivity index (χ1) is 13.4. The van der Waals surface area contributed by atoms with E-state index in [-0.39, 0.29) is 18.1 Å². The summed E-state index contributed by atoms with van der Waals surface area (Å²) in [5, 5.41) is 2.01. The molecule has 0 spiro atoms. The number of aromatic nitrogens is 1. The first kappa shape index (κ1) is 19.8. The fourth-order valence-electron chi connectivity index (χ4n) is 2.85. The average Bonchev–Trinajstić information content (AvgIpc) is 3.28. The van der Waals surface area contributed by atoms with Crippen LogP contribution in [0.1, 0.15) is 26.6 Å². The number of aryl methyl sites for hydroxylation is 1. The zero-order valence-electron chi connectivity index (χ0n) is 15.6. The Bertz CT molecular complexity index is 978. The Labute approximate surface area is 166 Å². The number of halogens is 1. The second-order valence-corrected chi connectivity index (χ2v) is 7.31. The van der Waals surface area contributed by atoms with Gasteiger partial charge in [0.15, 0.2) is 13.2 Å². The summed E-state index contributed by atoms with van der Waals surface area (Å²) in [6.45, 7) is 3.76. The molecule has 2 heterocycles. The van der Waals surface area contributed by atoms with E-state index in [4.69, 9.17) is 9.47 Å². The summed E-state index contributed by atoms with van der Waals surface area (Å²) in [6.07, 6.45) is 0. The number of hydrogen-bond acceptors (Lipinski definition) is 5. The van der Waals surface area contributed by atoms with Crippen LogP contribution in [0, 0.1) is 19.7 Å². The van der Waals surface area contributed by atoms with Crippen molar-refractivity contribution in [3.05, 3.63) is 75.5 Å². The normalized spacial score (nSPS) is 10.7. The van der Waals surface area contributed by atoms with Crippen LogP contribution in [0.2, 0.25) is 0 Å². The van der Waals surface area contributed by atoms with Crippen molar-refractivity contribution in [2.75, 3.05) is 13.2 Å². The minimum absolute atomic E-state index is 0.223. The Kier molecular flexibility index (Phi) is 6.26. The monoisotopic (exact) mass is 401 g/mol. The van der Waals surface area contributed by atoms with Crippen LogP contribution in [0.15, 0.2) is 47.8 Å². The molecule has 0 aliphatic carbocycles. The minimum Gasteiger partial charge on any atom is -0.482 e. The molecule has 0 atom stereocenters. The molecule has 0 N–H and O–H groups in total. The van der Waals surface area contributed by atoms with E-state index in [9.17, 15) is 14.0 Å². The summed E-state index contributed by atoms with van der Waals surface area (Å²) in [4.78, 5) is 25.5. The van der Waals surface area contributed by atoms with E-state index in [0.29, 0.717) is 12.1 Å². The van der Waals surface area contributed by atoms with Gasteiger partial charge in [-0.3, -0.25) is 4.79 Å². The zero-order chi connectivity index (χ0) is 20.1. The maximum atomic E-state index is 13.1. The summed E-state index contributed by atoms with van der Waals surface area (Å²) in [5.74, 6) is -1.20. The van der Waals surface area contributed by atoms with E-state index >= 15 is 0 Å². The molecule has 3 aromatic rings. The lowest BCUT2D eigenvalue weighted by Crippen LogP contribution is -2.20. The van der Waals surface area contributed by atoms with Crippen molar-refractivity contribution in [2.24, 2.45) is 0 Å². The fraction of sp³-hybridized carbons (Fsp3) is 0.238. The number of benzene rings is 1. The quantitative estimate of drug-likeness (QED) is 0.420. The number of thiophene rings is 1. The van der Waals surface area contributed by atoms with Crippen molar-refractivity contribution in [3.8, 4) is 5.75 Å². The van der Waals surface area contributed by atoms with Gasteiger partial charge in [0.1, 0.15) is 11.6 Å². The third kappa shape index (κ3) is 4.86. The van der Waals surface area contributed by atoms with E-state index < -0.39 is 18.4 Å². The lowest BCUT2D eigenvalue weighted by atomic mass is 10.1. The van der Waals surface area contributed by atoms with Crippen molar-refractivity contribution in [1.29, 1.82) is 0 Å². The van der Waals surface area contributed by atoms with E-state index in [2.05, 4.69) is 4.57 Å². The van der Waals surface area contributed by atoms with Crippen LogP contribution in [0.5, 0.6) is 5.75 Å². The SMILES string of the molecule is Cc1cc(C(=O)COC(=O)COc2cccc(F)c2)c(C)n1Cc1cccs1. The van der Waals surface area contributed by atoms with Crippen LogP contribution < -0.4 is 4.74 Å². The number of carbonyl (C=O) groups excluding carboxylic acids is 2. The van der Waals surface area contributed by atoms with E-state index in [1.54, 1.807) is 11.3 Å². The number of nitrogens with zero attached hydrogens (tertiary/aromatic N) is 1. The van der Waals surface area contributed by atoms with Gasteiger partial charge in [0.05, 0.1) is 6.54 Å². The fourth-order valence-corrected chi connectivity index (χ4v) is 3.54. The predicted molar refractivity (Wildman–Crippen MR) is 105 cm³/mol. The van der Waals surface area contributed by atoms with Crippen LogP contribution >= 0.6 is 11.3 Å². The van der Waals surface area contributed by atoms with Crippen molar-refractivity contribution in [1.82, 2.24) is 4.57 Å². The van der Waals surface area contributed by atoms with Gasteiger partial charge in [0.25, 0.3) is 0 Å². The Hall–Kier alpha value is -2.93. The van der Waals surface area contributed by atoms with Crippen LogP contribution in [0.4, 0.5) is 4.39 Å². The molecule has 0 bridgehead atoms. The predicted octanol–water partition coefficient (Wildman–Crippen LogP) is 4.16. The molecule has 7 heteroatoms. The number of Topliss-reactive ketones (excluding diaryl/α,β-unsaturated/α-hetero) is 1. The van der Waals surface area contributed by atoms with Crippen LogP contribution in [-0.4, -0.2) is 29.5 Å². The third-order valence-corrected chi connectivity index (χ3v) is 5.15. The summed E-state index contributed by atoms with van der Waals surface area (Å²) < 4.78 is 25.3. The number of esters is 1. The molecule has 5 nitrogen and oxygen atoms in total. The molecular weight excluding hydrogens is 381 g/mol. The van der Waals surface area contributed by atoms with Crippen molar-refractivity contribution in [2.45, 2.75) is 20.4 Å². The topological polar surface area (TPSA) is 57.5 Å². The third-order valence-electron chi connectivity index (χ3n) is 4.29. The maximum absolute atomic E-state index is 13.1. The summed E-state index contributed by atoms with van der Waals surface area (Å²) in [6, 6.07) is 11.3. The van der Waals surface area contributed by atoms with Gasteiger partial charge in [0.2, 0.25) is 5.78 Å². The Morgan fingerprint density at radius 3 is 2.64 bits per heavy atom. The van der Waals surface area contributed by atoms with E-state index in [0.717, 1.165) is 11.4 Å². The van der Waals surface area contributed by atoms with E-state index in [1.807, 2.05) is 37.4 Å². The van der Waals surface area contributed by atoms with Crippen molar-refractivity contribution >= 4 is 23.1 Å². The standard InChI is InChI=1S/C21H20FNO4S/c1-14-9-19(15(2)23(14)11-18-7-4-8-28-18)20(24)12-27-21(25)13-26-17-6-3-5-16(22)10-17/h3-10H,11-13H2,1-2H3. The van der Waals surface area contributed by atoms with Gasteiger partial charge in [-0.1, -0.05) is 12.1 Å². The minimum atomic E-state index is -0.690. The zero-order valence-corrected chi connectivity index (χ0v) is 16.4. The first-order valence-corrected chi connectivity index (χ1v) is 9.58. The highest BCUT2D eigenvalue weighted by Crippen LogP contribution is 2.20. The molecule has 3 rings (SSSR count). The smallest absolute Gasteiger partial charge is 0.344 e. The molecule has 2 aromatic heterocycles. The number of ketones is 1. The second kappa shape index (κ2) is 8.84. The summed E-state index contributed by atoms with van der Waals surface area (Å²) in [5.41, 5.74) is 2.34.